The summed E-state index contributed by atoms with van der Waals surface area (Å²) in [5, 5.41) is 0. The number of nitrogens with one attached hydrogen (secondary N) is 1. The fraction of sp³-hybridized carbons (Fsp3) is 0.143. The monoisotopic (exact) mass is 166 g/mol. The molecular formula is C7H10N4O. The number of aryl methyl sites for hydroxylation is 1. The quantitative estimate of drug-likeness (QED) is 0.418. The van der Waals surface area contributed by atoms with E-state index in [-0.39, 0.29) is 0 Å². The molecule has 5 N–H and O–H groups in total. The molecule has 0 fully saturated rings. The van der Waals surface area contributed by atoms with Crippen LogP contribution in [0.1, 0.15) is 16.1 Å². The third-order valence-electron chi connectivity index (χ3n) is 1.46. The molecule has 0 radical (unpaired) electrons. The number of hydrogen-bond acceptors (Lipinski definition) is 4. The van der Waals surface area contributed by atoms with Crippen molar-refractivity contribution in [1.29, 1.82) is 0 Å². The van der Waals surface area contributed by atoms with Gasteiger partial charge in [-0.2, -0.15) is 0 Å². The van der Waals surface area contributed by atoms with Crippen molar-refractivity contribution < 1.29 is 4.79 Å². The van der Waals surface area contributed by atoms with E-state index in [1.54, 1.807) is 13.0 Å². The fourth-order valence-corrected chi connectivity index (χ4v) is 0.876. The van der Waals surface area contributed by atoms with Gasteiger partial charge < -0.3 is 11.2 Å². The molecule has 0 atom stereocenters. The van der Waals surface area contributed by atoms with E-state index in [0.29, 0.717) is 11.3 Å². The van der Waals surface area contributed by atoms with Gasteiger partial charge in [-0.1, -0.05) is 0 Å². The minimum atomic E-state index is -0.546. The first kappa shape index (κ1) is 8.48. The Bertz CT molecular complexity index is 310. The van der Waals surface area contributed by atoms with Crippen LogP contribution in [0, 0.1) is 6.92 Å². The van der Waals surface area contributed by atoms with E-state index in [0.717, 1.165) is 5.69 Å². The molecule has 0 aliphatic carbocycles. The zero-order valence-electron chi connectivity index (χ0n) is 6.66. The molecule has 1 amide bonds. The summed E-state index contributed by atoms with van der Waals surface area (Å²) in [5.41, 5.74) is 9.00. The van der Waals surface area contributed by atoms with Crippen LogP contribution in [0.2, 0.25) is 0 Å². The molecular weight excluding hydrogens is 156 g/mol. The third kappa shape index (κ3) is 1.51. The smallest absolute Gasteiger partial charge is 0.252 e. The van der Waals surface area contributed by atoms with Crippen molar-refractivity contribution in [3.63, 3.8) is 0 Å². The maximum atomic E-state index is 10.8. The van der Waals surface area contributed by atoms with Gasteiger partial charge >= 0.3 is 0 Å². The highest BCUT2D eigenvalue weighted by Gasteiger charge is 2.06. The van der Waals surface area contributed by atoms with E-state index in [1.165, 1.54) is 6.20 Å². The van der Waals surface area contributed by atoms with Crippen LogP contribution in [0.3, 0.4) is 0 Å². The Balaban J connectivity index is 3.20. The number of hydrazine groups is 1. The van der Waals surface area contributed by atoms with Crippen molar-refractivity contribution in [1.82, 2.24) is 4.98 Å². The molecule has 1 rings (SSSR count). The molecule has 0 aliphatic rings. The highest BCUT2D eigenvalue weighted by atomic mass is 16.1. The molecule has 64 valence electrons. The normalized spacial score (nSPS) is 9.50. The Morgan fingerprint density at radius 1 is 1.67 bits per heavy atom. The zero-order valence-corrected chi connectivity index (χ0v) is 6.66. The predicted octanol–water partition coefficient (Wildman–Crippen LogP) is -0.225. The van der Waals surface area contributed by atoms with Gasteiger partial charge in [-0.25, -0.2) is 0 Å². The summed E-state index contributed by atoms with van der Waals surface area (Å²) in [6, 6.07) is 1.65. The van der Waals surface area contributed by atoms with Crippen molar-refractivity contribution in [3.8, 4) is 0 Å². The average molecular weight is 166 g/mol. The van der Waals surface area contributed by atoms with Gasteiger partial charge in [-0.3, -0.25) is 15.6 Å². The second-order valence-corrected chi connectivity index (χ2v) is 2.38. The van der Waals surface area contributed by atoms with Gasteiger partial charge in [-0.05, 0) is 13.0 Å². The number of pyridine rings is 1. The molecule has 0 bridgehead atoms. The number of nitrogens with zero attached hydrogens (tertiary/aromatic N) is 1. The van der Waals surface area contributed by atoms with Crippen LogP contribution in [0.15, 0.2) is 12.3 Å². The number of primary amides is 1. The number of amides is 1. The average Bonchev–Trinajstić information content (AvgIpc) is 2.03. The summed E-state index contributed by atoms with van der Waals surface area (Å²) < 4.78 is 0. The number of rotatable bonds is 2. The van der Waals surface area contributed by atoms with E-state index in [2.05, 4.69) is 10.4 Å². The predicted molar refractivity (Wildman–Crippen MR) is 45.3 cm³/mol. The van der Waals surface area contributed by atoms with Crippen molar-refractivity contribution in [2.75, 3.05) is 5.43 Å². The van der Waals surface area contributed by atoms with Crippen molar-refractivity contribution in [3.05, 3.63) is 23.5 Å². The Morgan fingerprint density at radius 3 is 2.83 bits per heavy atom. The van der Waals surface area contributed by atoms with E-state index < -0.39 is 5.91 Å². The van der Waals surface area contributed by atoms with Crippen LogP contribution in [-0.2, 0) is 0 Å². The first-order valence-corrected chi connectivity index (χ1v) is 3.38. The van der Waals surface area contributed by atoms with E-state index in [9.17, 15) is 4.79 Å². The van der Waals surface area contributed by atoms with Crippen molar-refractivity contribution in [2.45, 2.75) is 6.92 Å². The number of nitrogens with two attached hydrogens (primary N) is 2. The fourth-order valence-electron chi connectivity index (χ4n) is 0.876. The van der Waals surface area contributed by atoms with Gasteiger partial charge in [0, 0.05) is 11.9 Å². The highest BCUT2D eigenvalue weighted by molar-refractivity contribution is 5.98. The molecule has 5 heteroatoms. The van der Waals surface area contributed by atoms with Crippen LogP contribution >= 0.6 is 0 Å². The summed E-state index contributed by atoms with van der Waals surface area (Å²) in [4.78, 5) is 14.7. The van der Waals surface area contributed by atoms with Gasteiger partial charge in [0.25, 0.3) is 5.91 Å². The number of anilines is 1. The molecule has 1 aromatic rings. The van der Waals surface area contributed by atoms with Crippen molar-refractivity contribution >= 4 is 11.6 Å². The summed E-state index contributed by atoms with van der Waals surface area (Å²) in [6.45, 7) is 1.80. The lowest BCUT2D eigenvalue weighted by molar-refractivity contribution is 0.100. The van der Waals surface area contributed by atoms with Gasteiger partial charge in [0.1, 0.15) is 0 Å². The van der Waals surface area contributed by atoms with Crippen LogP contribution in [0.4, 0.5) is 5.69 Å². The van der Waals surface area contributed by atoms with Gasteiger partial charge in [-0.15, -0.1) is 0 Å². The summed E-state index contributed by atoms with van der Waals surface area (Å²) in [6.07, 6.45) is 1.40. The molecule has 0 saturated heterocycles. The molecule has 1 aromatic heterocycles. The lowest BCUT2D eigenvalue weighted by atomic mass is 10.2. The largest absolute Gasteiger partial charge is 0.365 e. The maximum absolute atomic E-state index is 10.8. The van der Waals surface area contributed by atoms with Crippen molar-refractivity contribution in [2.24, 2.45) is 11.6 Å². The number of aromatic nitrogens is 1. The van der Waals surface area contributed by atoms with Gasteiger partial charge in [0.2, 0.25) is 0 Å². The molecule has 0 unspecified atom stereocenters. The molecule has 12 heavy (non-hydrogen) atoms. The Morgan fingerprint density at radius 2 is 2.33 bits per heavy atom. The minimum absolute atomic E-state index is 0.295. The van der Waals surface area contributed by atoms with Gasteiger partial charge in [0.15, 0.2) is 0 Å². The SMILES string of the molecule is Cc1cc(NN)c(C(N)=O)cn1. The lowest BCUT2D eigenvalue weighted by Gasteiger charge is -2.04. The van der Waals surface area contributed by atoms with Gasteiger partial charge in [0.05, 0.1) is 11.3 Å². The zero-order chi connectivity index (χ0) is 9.14. The molecule has 0 spiro atoms. The second kappa shape index (κ2) is 3.19. The summed E-state index contributed by atoms with van der Waals surface area (Å²) >= 11 is 0. The summed E-state index contributed by atoms with van der Waals surface area (Å²) in [5.74, 6) is 4.63. The number of carbonyl (C=O) groups excluding carboxylic acids is 1. The Kier molecular flexibility index (Phi) is 2.25. The minimum Gasteiger partial charge on any atom is -0.365 e. The molecule has 0 aliphatic heterocycles. The van der Waals surface area contributed by atoms with E-state index in [1.807, 2.05) is 0 Å². The highest BCUT2D eigenvalue weighted by Crippen LogP contribution is 2.12. The molecule has 5 nitrogen and oxygen atoms in total. The second-order valence-electron chi connectivity index (χ2n) is 2.38. The van der Waals surface area contributed by atoms with Crippen LogP contribution in [0.25, 0.3) is 0 Å². The maximum Gasteiger partial charge on any atom is 0.252 e. The van der Waals surface area contributed by atoms with Crippen LogP contribution in [-0.4, -0.2) is 10.9 Å². The molecule has 0 aromatic carbocycles. The topological polar surface area (TPSA) is 94.0 Å². The third-order valence-corrected chi connectivity index (χ3v) is 1.46. The lowest BCUT2D eigenvalue weighted by Crippen LogP contribution is -2.17. The molecule has 0 saturated carbocycles. The first-order chi connectivity index (χ1) is 5.65. The van der Waals surface area contributed by atoms with Crippen LogP contribution in [0.5, 0.6) is 0 Å². The van der Waals surface area contributed by atoms with E-state index >= 15 is 0 Å². The van der Waals surface area contributed by atoms with E-state index in [4.69, 9.17) is 11.6 Å². The number of carbonyl (C=O) groups is 1. The summed E-state index contributed by atoms with van der Waals surface area (Å²) in [7, 11) is 0. The van der Waals surface area contributed by atoms with Crippen LogP contribution < -0.4 is 17.0 Å². The molecule has 1 heterocycles. The number of hydrogen-bond donors (Lipinski definition) is 3. The standard InChI is InChI=1S/C7H10N4O/c1-4-2-6(11-9)5(3-10-4)7(8)12/h2-3H,9H2,1H3,(H2,8,12)(H,10,11). The first-order valence-electron chi connectivity index (χ1n) is 3.38. The number of nitrogen functional groups attached to an aromatic ring is 1. The Hall–Kier alpha value is -1.62. The Labute approximate surface area is 69.7 Å².